The van der Waals surface area contributed by atoms with Gasteiger partial charge in [-0.15, -0.1) is 0 Å². The quantitative estimate of drug-likeness (QED) is 0.532. The average molecular weight is 276 g/mol. The molecule has 0 aliphatic rings. The first kappa shape index (κ1) is 13.9. The van der Waals surface area contributed by atoms with Gasteiger partial charge in [0.15, 0.2) is 5.82 Å². The Morgan fingerprint density at radius 3 is 2.80 bits per heavy atom. The third kappa shape index (κ3) is 3.51. The van der Waals surface area contributed by atoms with Crippen LogP contribution in [0.3, 0.4) is 0 Å². The van der Waals surface area contributed by atoms with Gasteiger partial charge < -0.3 is 15.3 Å². The molecule has 0 aliphatic carbocycles. The lowest BCUT2D eigenvalue weighted by atomic mass is 10.2. The van der Waals surface area contributed by atoms with E-state index in [-0.39, 0.29) is 5.91 Å². The van der Waals surface area contributed by atoms with E-state index in [1.165, 1.54) is 0 Å². The Bertz CT molecular complexity index is 610. The molecule has 0 saturated carbocycles. The van der Waals surface area contributed by atoms with E-state index in [9.17, 15) is 4.79 Å². The molecule has 106 valence electrons. The smallest absolute Gasteiger partial charge is 0.251 e. The number of nitrogen functional groups attached to an aromatic ring is 1. The number of amides is 1. The Morgan fingerprint density at radius 2 is 2.15 bits per heavy atom. The fourth-order valence-corrected chi connectivity index (χ4v) is 1.70. The molecule has 2 heterocycles. The molecule has 0 spiro atoms. The van der Waals surface area contributed by atoms with E-state index in [0.29, 0.717) is 41.8 Å². The maximum absolute atomic E-state index is 12.0. The predicted molar refractivity (Wildman–Crippen MR) is 71.9 cm³/mol. The van der Waals surface area contributed by atoms with Gasteiger partial charge in [-0.2, -0.15) is 4.98 Å². The van der Waals surface area contributed by atoms with E-state index in [4.69, 9.17) is 10.4 Å². The molecule has 0 atom stereocenters. The molecule has 20 heavy (non-hydrogen) atoms. The lowest BCUT2D eigenvalue weighted by Gasteiger charge is -2.06. The average Bonchev–Trinajstić information content (AvgIpc) is 2.83. The molecule has 0 aliphatic heterocycles. The van der Waals surface area contributed by atoms with Crippen molar-refractivity contribution in [2.75, 3.05) is 12.0 Å². The van der Waals surface area contributed by atoms with Gasteiger partial charge in [0.2, 0.25) is 5.89 Å². The Morgan fingerprint density at radius 1 is 1.35 bits per heavy atom. The molecule has 0 radical (unpaired) electrons. The van der Waals surface area contributed by atoms with Gasteiger partial charge in [-0.1, -0.05) is 5.16 Å². The number of rotatable bonds is 5. The van der Waals surface area contributed by atoms with E-state index in [0.717, 1.165) is 0 Å². The van der Waals surface area contributed by atoms with Crippen molar-refractivity contribution < 1.29 is 9.32 Å². The maximum atomic E-state index is 12.0. The van der Waals surface area contributed by atoms with Crippen LogP contribution < -0.4 is 16.6 Å². The van der Waals surface area contributed by atoms with Crippen LogP contribution in [0, 0.1) is 13.8 Å². The number of nitrogens with zero attached hydrogens (tertiary/aromatic N) is 3. The maximum Gasteiger partial charge on any atom is 0.251 e. The molecule has 0 unspecified atom stereocenters. The summed E-state index contributed by atoms with van der Waals surface area (Å²) >= 11 is 0. The molecule has 0 bridgehead atoms. The van der Waals surface area contributed by atoms with E-state index in [1.54, 1.807) is 26.0 Å². The summed E-state index contributed by atoms with van der Waals surface area (Å²) in [7, 11) is 0. The van der Waals surface area contributed by atoms with Crippen molar-refractivity contribution in [3.63, 3.8) is 0 Å². The van der Waals surface area contributed by atoms with Gasteiger partial charge in [-0.3, -0.25) is 4.79 Å². The minimum absolute atomic E-state index is 0.205. The highest BCUT2D eigenvalue weighted by Crippen LogP contribution is 2.09. The van der Waals surface area contributed by atoms with Gasteiger partial charge in [-0.05, 0) is 26.0 Å². The first-order chi connectivity index (χ1) is 9.58. The van der Waals surface area contributed by atoms with Gasteiger partial charge in [0.25, 0.3) is 5.91 Å². The number of carbonyl (C=O) groups is 1. The Hall–Kier alpha value is -2.48. The molecular formula is C12H16N6O2. The van der Waals surface area contributed by atoms with Crippen LogP contribution in [0.5, 0.6) is 0 Å². The normalized spacial score (nSPS) is 10.3. The zero-order valence-corrected chi connectivity index (χ0v) is 11.3. The topological polar surface area (TPSA) is 119 Å². The lowest BCUT2D eigenvalue weighted by Crippen LogP contribution is -2.26. The summed E-state index contributed by atoms with van der Waals surface area (Å²) in [6, 6.07) is 3.27. The second kappa shape index (κ2) is 6.11. The summed E-state index contributed by atoms with van der Waals surface area (Å²) in [5.41, 5.74) is 3.62. The van der Waals surface area contributed by atoms with Crippen molar-refractivity contribution >= 4 is 11.7 Å². The van der Waals surface area contributed by atoms with Gasteiger partial charge >= 0.3 is 0 Å². The first-order valence-corrected chi connectivity index (χ1v) is 6.11. The first-order valence-electron chi connectivity index (χ1n) is 6.11. The largest absolute Gasteiger partial charge is 0.352 e. The van der Waals surface area contributed by atoms with Gasteiger partial charge in [-0.25, -0.2) is 10.8 Å². The molecular weight excluding hydrogens is 260 g/mol. The van der Waals surface area contributed by atoms with Crippen LogP contribution in [-0.4, -0.2) is 27.6 Å². The number of aromatic nitrogens is 3. The van der Waals surface area contributed by atoms with Crippen molar-refractivity contribution in [3.8, 4) is 0 Å². The number of nitrogens with two attached hydrogens (primary N) is 1. The Balaban J connectivity index is 1.93. The molecule has 2 aromatic rings. The number of carbonyl (C=O) groups excluding carboxylic acids is 1. The number of pyridine rings is 1. The van der Waals surface area contributed by atoms with Crippen molar-refractivity contribution in [2.24, 2.45) is 5.84 Å². The molecule has 1 amide bonds. The van der Waals surface area contributed by atoms with E-state index >= 15 is 0 Å². The molecule has 2 rings (SSSR count). The highest BCUT2D eigenvalue weighted by molar-refractivity contribution is 5.94. The number of hydrogen-bond donors (Lipinski definition) is 3. The number of anilines is 1. The number of hydrazine groups is 1. The molecule has 0 fully saturated rings. The summed E-state index contributed by atoms with van der Waals surface area (Å²) in [5.74, 6) is 6.61. The summed E-state index contributed by atoms with van der Waals surface area (Å²) in [4.78, 5) is 20.2. The number of hydrogen-bond acceptors (Lipinski definition) is 7. The summed E-state index contributed by atoms with van der Waals surface area (Å²) < 4.78 is 4.96. The Kier molecular flexibility index (Phi) is 4.26. The van der Waals surface area contributed by atoms with E-state index < -0.39 is 0 Å². The predicted octanol–water partition coefficient (Wildman–Crippen LogP) is 0.340. The highest BCUT2D eigenvalue weighted by atomic mass is 16.5. The molecule has 0 saturated heterocycles. The SMILES string of the molecule is Cc1cc(C(=O)NCCc2nc(C)no2)cc(NN)n1. The van der Waals surface area contributed by atoms with Crippen LogP contribution in [-0.2, 0) is 6.42 Å². The van der Waals surface area contributed by atoms with Crippen molar-refractivity contribution in [3.05, 3.63) is 35.1 Å². The molecule has 0 aromatic carbocycles. The van der Waals surface area contributed by atoms with Crippen LogP contribution in [0.1, 0.15) is 27.8 Å². The summed E-state index contributed by atoms with van der Waals surface area (Å²) in [6.45, 7) is 3.94. The minimum atomic E-state index is -0.205. The van der Waals surface area contributed by atoms with Crippen molar-refractivity contribution in [1.29, 1.82) is 0 Å². The lowest BCUT2D eigenvalue weighted by molar-refractivity contribution is 0.0953. The van der Waals surface area contributed by atoms with Crippen LogP contribution in [0.25, 0.3) is 0 Å². The standard InChI is InChI=1S/C12H16N6O2/c1-7-5-9(6-10(15-7)17-13)12(19)14-4-3-11-16-8(2)18-20-11/h5-6H,3-4,13H2,1-2H3,(H,14,19)(H,15,17). The van der Waals surface area contributed by atoms with Crippen LogP contribution >= 0.6 is 0 Å². The van der Waals surface area contributed by atoms with Crippen LogP contribution in [0.15, 0.2) is 16.7 Å². The number of aryl methyl sites for hydroxylation is 2. The second-order valence-corrected chi connectivity index (χ2v) is 4.27. The van der Waals surface area contributed by atoms with Crippen molar-refractivity contribution in [2.45, 2.75) is 20.3 Å². The fraction of sp³-hybridized carbons (Fsp3) is 0.333. The molecule has 2 aromatic heterocycles. The summed E-state index contributed by atoms with van der Waals surface area (Å²) in [6.07, 6.45) is 0.485. The fourth-order valence-electron chi connectivity index (χ4n) is 1.70. The van der Waals surface area contributed by atoms with Crippen LogP contribution in [0.4, 0.5) is 5.82 Å². The zero-order chi connectivity index (χ0) is 14.5. The van der Waals surface area contributed by atoms with Gasteiger partial charge in [0.05, 0.1) is 0 Å². The highest BCUT2D eigenvalue weighted by Gasteiger charge is 2.09. The molecule has 8 nitrogen and oxygen atoms in total. The van der Waals surface area contributed by atoms with Gasteiger partial charge in [0, 0.05) is 24.2 Å². The van der Waals surface area contributed by atoms with E-state index in [1.807, 2.05) is 0 Å². The third-order valence-electron chi connectivity index (χ3n) is 2.56. The Labute approximate surface area is 115 Å². The van der Waals surface area contributed by atoms with Crippen LogP contribution in [0.2, 0.25) is 0 Å². The molecule has 8 heteroatoms. The third-order valence-corrected chi connectivity index (χ3v) is 2.56. The molecule has 4 N–H and O–H groups in total. The zero-order valence-electron chi connectivity index (χ0n) is 11.3. The van der Waals surface area contributed by atoms with Gasteiger partial charge in [0.1, 0.15) is 5.82 Å². The number of nitrogens with one attached hydrogen (secondary N) is 2. The second-order valence-electron chi connectivity index (χ2n) is 4.27. The minimum Gasteiger partial charge on any atom is -0.352 e. The van der Waals surface area contributed by atoms with Crippen molar-refractivity contribution in [1.82, 2.24) is 20.4 Å². The van der Waals surface area contributed by atoms with E-state index in [2.05, 4.69) is 25.9 Å². The monoisotopic (exact) mass is 276 g/mol. The summed E-state index contributed by atoms with van der Waals surface area (Å²) in [5, 5.41) is 6.45.